The van der Waals surface area contributed by atoms with E-state index in [2.05, 4.69) is 0 Å². The number of alkyl carbamates (subject to hydrolysis) is 1. The van der Waals surface area contributed by atoms with E-state index in [1.165, 1.54) is 0 Å². The number of amides is 1. The summed E-state index contributed by atoms with van der Waals surface area (Å²) >= 11 is 0. The van der Waals surface area contributed by atoms with Crippen LogP contribution in [-0.4, -0.2) is 40.3 Å². The topological polar surface area (TPSA) is 128 Å². The number of benzene rings is 1. The molecule has 12 heteroatoms. The molecule has 0 fully saturated rings. The summed E-state index contributed by atoms with van der Waals surface area (Å²) in [5.74, 6) is -2.11. The minimum absolute atomic E-state index is 0.270. The average Bonchev–Trinajstić information content (AvgIpc) is 2.48. The number of nitro benzene ring substituents is 1. The number of carboxylic acids is 1. The molecule has 0 radical (unpaired) electrons. The summed E-state index contributed by atoms with van der Waals surface area (Å²) in [7, 11) is 0. The highest BCUT2D eigenvalue weighted by atomic mass is 19.4. The lowest BCUT2D eigenvalue weighted by Gasteiger charge is -2.22. The zero-order valence-electron chi connectivity index (χ0n) is 14.5. The zero-order valence-corrected chi connectivity index (χ0v) is 14.5. The highest BCUT2D eigenvalue weighted by Gasteiger charge is 2.34. The standard InChI is InChI=1S/C15H17F3N2O7/c1-14(2,3)27-13(23)19-9(12(21)22)7-26-11-5-4-8(15(16,17)18)6-10(11)20(24)25/h4-6,9H,7H2,1-3H3,(H,19,23)(H,21,22)/t9-/m0/s1. The highest BCUT2D eigenvalue weighted by molar-refractivity contribution is 5.80. The van der Waals surface area contributed by atoms with Crippen molar-refractivity contribution in [1.82, 2.24) is 5.32 Å². The molecule has 27 heavy (non-hydrogen) atoms. The Hall–Kier alpha value is -3.05. The minimum atomic E-state index is -4.80. The molecule has 1 aromatic rings. The Kier molecular flexibility index (Phi) is 6.60. The summed E-state index contributed by atoms with van der Waals surface area (Å²) in [5, 5.41) is 22.1. The lowest BCUT2D eigenvalue weighted by atomic mass is 10.2. The molecular weight excluding hydrogens is 377 g/mol. The number of ether oxygens (including phenoxy) is 2. The maximum atomic E-state index is 12.7. The number of nitrogens with zero attached hydrogens (tertiary/aromatic N) is 1. The maximum Gasteiger partial charge on any atom is 0.416 e. The van der Waals surface area contributed by atoms with Gasteiger partial charge in [0.15, 0.2) is 11.8 Å². The van der Waals surface area contributed by atoms with E-state index in [9.17, 15) is 32.9 Å². The molecule has 150 valence electrons. The summed E-state index contributed by atoms with van der Waals surface area (Å²) in [5.41, 5.74) is -3.16. The second kappa shape index (κ2) is 8.10. The van der Waals surface area contributed by atoms with Crippen LogP contribution < -0.4 is 10.1 Å². The molecule has 1 aromatic carbocycles. The van der Waals surface area contributed by atoms with Crippen molar-refractivity contribution in [2.24, 2.45) is 0 Å². The first-order valence-electron chi connectivity index (χ1n) is 7.41. The summed E-state index contributed by atoms with van der Waals surface area (Å²) in [6, 6.07) is -0.124. The molecule has 2 N–H and O–H groups in total. The van der Waals surface area contributed by atoms with E-state index >= 15 is 0 Å². The van der Waals surface area contributed by atoms with Crippen LogP contribution in [0.25, 0.3) is 0 Å². The fourth-order valence-corrected chi connectivity index (χ4v) is 1.76. The van der Waals surface area contributed by atoms with Gasteiger partial charge in [-0.15, -0.1) is 0 Å². The monoisotopic (exact) mass is 394 g/mol. The van der Waals surface area contributed by atoms with Gasteiger partial charge in [0.25, 0.3) is 0 Å². The summed E-state index contributed by atoms with van der Waals surface area (Å²) < 4.78 is 47.8. The smallest absolute Gasteiger partial charge is 0.416 e. The van der Waals surface area contributed by atoms with Gasteiger partial charge in [0, 0.05) is 6.07 Å². The number of carbonyl (C=O) groups excluding carboxylic acids is 1. The third-order valence-corrected chi connectivity index (χ3v) is 2.88. The predicted octanol–water partition coefficient (Wildman–Crippen LogP) is 2.97. The Balaban J connectivity index is 2.94. The van der Waals surface area contributed by atoms with Crippen molar-refractivity contribution in [3.05, 3.63) is 33.9 Å². The maximum absolute atomic E-state index is 12.7. The van der Waals surface area contributed by atoms with E-state index in [0.717, 1.165) is 0 Å². The SMILES string of the molecule is CC(C)(C)OC(=O)N[C@@H](COc1ccc(C(F)(F)F)cc1[N+](=O)[O-])C(=O)O. The molecule has 0 aliphatic carbocycles. The number of halogens is 3. The van der Waals surface area contributed by atoms with Crippen molar-refractivity contribution in [3.8, 4) is 5.75 Å². The van der Waals surface area contributed by atoms with Crippen molar-refractivity contribution in [2.75, 3.05) is 6.61 Å². The molecule has 0 saturated carbocycles. The zero-order chi connectivity index (χ0) is 21.0. The Morgan fingerprint density at radius 1 is 1.30 bits per heavy atom. The lowest BCUT2D eigenvalue weighted by molar-refractivity contribution is -0.386. The van der Waals surface area contributed by atoms with E-state index in [-0.39, 0.29) is 6.07 Å². The number of hydrogen-bond acceptors (Lipinski definition) is 6. The molecule has 0 aliphatic heterocycles. The molecule has 1 rings (SSSR count). The fraction of sp³-hybridized carbons (Fsp3) is 0.467. The molecule has 0 aliphatic rings. The number of alkyl halides is 3. The van der Waals surface area contributed by atoms with Crippen LogP contribution in [0.2, 0.25) is 0 Å². The molecular formula is C15H17F3N2O7. The van der Waals surface area contributed by atoms with Crippen LogP contribution in [0.15, 0.2) is 18.2 Å². The number of hydrogen-bond donors (Lipinski definition) is 2. The highest BCUT2D eigenvalue weighted by Crippen LogP contribution is 2.36. The van der Waals surface area contributed by atoms with Crippen LogP contribution in [0.1, 0.15) is 26.3 Å². The first kappa shape index (κ1) is 22.0. The Labute approximate surface area is 151 Å². The van der Waals surface area contributed by atoms with Crippen LogP contribution in [-0.2, 0) is 15.7 Å². The van der Waals surface area contributed by atoms with Gasteiger partial charge in [0.2, 0.25) is 0 Å². The third-order valence-electron chi connectivity index (χ3n) is 2.88. The second-order valence-corrected chi connectivity index (χ2v) is 6.29. The third kappa shape index (κ3) is 6.99. The second-order valence-electron chi connectivity index (χ2n) is 6.29. The average molecular weight is 394 g/mol. The van der Waals surface area contributed by atoms with Crippen LogP contribution >= 0.6 is 0 Å². The van der Waals surface area contributed by atoms with Crippen molar-refractivity contribution < 1.29 is 42.3 Å². The van der Waals surface area contributed by atoms with E-state index < -0.39 is 58.4 Å². The molecule has 0 spiro atoms. The van der Waals surface area contributed by atoms with Gasteiger partial charge in [-0.05, 0) is 32.9 Å². The molecule has 0 unspecified atom stereocenters. The molecule has 0 heterocycles. The number of carbonyl (C=O) groups is 2. The van der Waals surface area contributed by atoms with Crippen molar-refractivity contribution >= 4 is 17.7 Å². The van der Waals surface area contributed by atoms with Gasteiger partial charge in [-0.3, -0.25) is 10.1 Å². The Morgan fingerprint density at radius 2 is 1.89 bits per heavy atom. The van der Waals surface area contributed by atoms with E-state index in [1.54, 1.807) is 20.8 Å². The van der Waals surface area contributed by atoms with Crippen LogP contribution in [0.3, 0.4) is 0 Å². The molecule has 0 aromatic heterocycles. The van der Waals surface area contributed by atoms with Crippen LogP contribution in [0, 0.1) is 10.1 Å². The number of nitro groups is 1. The first-order chi connectivity index (χ1) is 12.2. The van der Waals surface area contributed by atoms with Gasteiger partial charge in [-0.1, -0.05) is 0 Å². The molecule has 9 nitrogen and oxygen atoms in total. The molecule has 0 saturated heterocycles. The largest absolute Gasteiger partial charge is 0.484 e. The Morgan fingerprint density at radius 3 is 2.33 bits per heavy atom. The molecule has 1 atom stereocenters. The summed E-state index contributed by atoms with van der Waals surface area (Å²) in [6.45, 7) is 3.86. The van der Waals surface area contributed by atoms with E-state index in [4.69, 9.17) is 14.6 Å². The number of rotatable bonds is 6. The van der Waals surface area contributed by atoms with Crippen LogP contribution in [0.5, 0.6) is 5.75 Å². The van der Waals surface area contributed by atoms with Gasteiger partial charge in [-0.2, -0.15) is 13.2 Å². The van der Waals surface area contributed by atoms with Gasteiger partial charge < -0.3 is 19.9 Å². The number of carboxylic acid groups (broad SMARTS) is 1. The number of nitrogens with one attached hydrogen (secondary N) is 1. The van der Waals surface area contributed by atoms with Crippen molar-refractivity contribution in [2.45, 2.75) is 38.6 Å². The lowest BCUT2D eigenvalue weighted by Crippen LogP contribution is -2.46. The normalized spacial score (nSPS) is 12.8. The van der Waals surface area contributed by atoms with Crippen LogP contribution in [0.4, 0.5) is 23.7 Å². The first-order valence-corrected chi connectivity index (χ1v) is 7.41. The minimum Gasteiger partial charge on any atom is -0.484 e. The quantitative estimate of drug-likeness (QED) is 0.561. The van der Waals surface area contributed by atoms with Gasteiger partial charge in [-0.25, -0.2) is 9.59 Å². The van der Waals surface area contributed by atoms with E-state index in [1.807, 2.05) is 5.32 Å². The van der Waals surface area contributed by atoms with Crippen molar-refractivity contribution in [3.63, 3.8) is 0 Å². The fourth-order valence-electron chi connectivity index (χ4n) is 1.76. The summed E-state index contributed by atoms with van der Waals surface area (Å²) in [4.78, 5) is 32.7. The summed E-state index contributed by atoms with van der Waals surface area (Å²) in [6.07, 6.45) is -5.87. The van der Waals surface area contributed by atoms with Crippen molar-refractivity contribution in [1.29, 1.82) is 0 Å². The predicted molar refractivity (Wildman–Crippen MR) is 84.4 cm³/mol. The van der Waals surface area contributed by atoms with Gasteiger partial charge in [0.1, 0.15) is 12.2 Å². The molecule has 1 amide bonds. The van der Waals surface area contributed by atoms with Gasteiger partial charge >= 0.3 is 23.9 Å². The van der Waals surface area contributed by atoms with Gasteiger partial charge in [0.05, 0.1) is 10.5 Å². The Bertz CT molecular complexity index is 729. The van der Waals surface area contributed by atoms with E-state index in [0.29, 0.717) is 12.1 Å². The number of aliphatic carboxylic acids is 1. The molecule has 0 bridgehead atoms.